The summed E-state index contributed by atoms with van der Waals surface area (Å²) in [6, 6.07) is 2.92. The Hall–Kier alpha value is 0.0200. The molecule has 0 aliphatic rings. The van der Waals surface area contributed by atoms with Gasteiger partial charge in [0.1, 0.15) is 5.82 Å². The van der Waals surface area contributed by atoms with Crippen LogP contribution in [0.25, 0.3) is 0 Å². The summed E-state index contributed by atoms with van der Waals surface area (Å²) in [7, 11) is 0. The van der Waals surface area contributed by atoms with Crippen molar-refractivity contribution in [3.05, 3.63) is 33.6 Å². The number of hydrogen-bond donors (Lipinski definition) is 0. The van der Waals surface area contributed by atoms with Gasteiger partial charge in [-0.1, -0.05) is 23.2 Å². The Morgan fingerprint density at radius 3 is 2.18 bits per heavy atom. The van der Waals surface area contributed by atoms with Crippen LogP contribution in [0.1, 0.15) is 5.56 Å². The highest BCUT2D eigenvalue weighted by molar-refractivity contribution is 6.34. The minimum atomic E-state index is -0.533. The maximum absolute atomic E-state index is 13.0. The summed E-state index contributed by atoms with van der Waals surface area (Å²) in [4.78, 5) is 0. The number of benzene rings is 1. The molecule has 0 heterocycles. The second-order valence-corrected chi connectivity index (χ2v) is 3.04. The van der Waals surface area contributed by atoms with E-state index in [0.29, 0.717) is 5.02 Å². The molecule has 0 atom stereocenters. The summed E-state index contributed by atoms with van der Waals surface area (Å²) >= 11 is 16.5. The Labute approximate surface area is 78.9 Å². The van der Waals surface area contributed by atoms with Gasteiger partial charge in [-0.15, -0.1) is 11.6 Å². The molecule has 0 radical (unpaired) electrons. The van der Waals surface area contributed by atoms with Crippen LogP contribution in [0.2, 0.25) is 10.0 Å². The number of rotatable bonds is 1. The molecule has 1 aromatic carbocycles. The highest BCUT2D eigenvalue weighted by Gasteiger charge is 2.08. The van der Waals surface area contributed by atoms with Crippen molar-refractivity contribution >= 4 is 34.8 Å². The van der Waals surface area contributed by atoms with Gasteiger partial charge in [-0.2, -0.15) is 0 Å². The van der Waals surface area contributed by atoms with E-state index in [9.17, 15) is 4.39 Å². The summed E-state index contributed by atoms with van der Waals surface area (Å²) in [5.41, 5.74) is 0.251. The highest BCUT2D eigenvalue weighted by atomic mass is 35.5. The molecule has 0 aromatic heterocycles. The molecular weight excluding hydrogens is 209 g/mol. The zero-order valence-electron chi connectivity index (χ0n) is 5.37. The van der Waals surface area contributed by atoms with Gasteiger partial charge in [0.05, 0.1) is 10.9 Å². The fourth-order valence-corrected chi connectivity index (χ4v) is 1.41. The second-order valence-electron chi connectivity index (χ2n) is 1.96. The lowest BCUT2D eigenvalue weighted by atomic mass is 10.2. The topological polar surface area (TPSA) is 0 Å². The minimum Gasteiger partial charge on any atom is -0.205 e. The molecule has 0 bridgehead atoms. The van der Waals surface area contributed by atoms with Gasteiger partial charge in [-0.3, -0.25) is 0 Å². The number of alkyl halides is 1. The molecule has 1 aromatic rings. The lowest BCUT2D eigenvalue weighted by molar-refractivity contribution is 0.617. The van der Waals surface area contributed by atoms with Crippen LogP contribution in [0.5, 0.6) is 0 Å². The van der Waals surface area contributed by atoms with Crippen LogP contribution >= 0.6 is 34.8 Å². The Bertz CT molecular complexity index is 273. The second kappa shape index (κ2) is 3.61. The smallest absolute Gasteiger partial charge is 0.147 e. The summed E-state index contributed by atoms with van der Waals surface area (Å²) in [5.74, 6) is -0.500. The van der Waals surface area contributed by atoms with E-state index >= 15 is 0 Å². The summed E-state index contributed by atoms with van der Waals surface area (Å²) in [6.45, 7) is 0. The predicted octanol–water partition coefficient (Wildman–Crippen LogP) is 3.87. The van der Waals surface area contributed by atoms with Gasteiger partial charge in [-0.25, -0.2) is 4.39 Å². The van der Waals surface area contributed by atoms with Crippen LogP contribution in [0.4, 0.5) is 4.39 Å². The van der Waals surface area contributed by atoms with Gasteiger partial charge >= 0.3 is 0 Å². The molecule has 0 saturated heterocycles. The van der Waals surface area contributed by atoms with Crippen molar-refractivity contribution in [3.63, 3.8) is 0 Å². The van der Waals surface area contributed by atoms with Crippen molar-refractivity contribution in [2.24, 2.45) is 0 Å². The first-order chi connectivity index (χ1) is 5.16. The highest BCUT2D eigenvalue weighted by Crippen LogP contribution is 2.26. The van der Waals surface area contributed by atoms with Crippen LogP contribution < -0.4 is 0 Å². The van der Waals surface area contributed by atoms with Crippen molar-refractivity contribution in [2.45, 2.75) is 5.88 Å². The van der Waals surface area contributed by atoms with Gasteiger partial charge in [0.25, 0.3) is 0 Å². The third kappa shape index (κ3) is 1.78. The third-order valence-corrected chi connectivity index (χ3v) is 2.19. The van der Waals surface area contributed by atoms with E-state index < -0.39 is 5.82 Å². The third-order valence-electron chi connectivity index (χ3n) is 1.27. The van der Waals surface area contributed by atoms with Crippen molar-refractivity contribution in [2.75, 3.05) is 0 Å². The maximum atomic E-state index is 13.0. The first-order valence-corrected chi connectivity index (χ1v) is 4.14. The molecule has 1 rings (SSSR count). The first kappa shape index (κ1) is 9.11. The first-order valence-electron chi connectivity index (χ1n) is 2.85. The number of hydrogen-bond acceptors (Lipinski definition) is 0. The van der Waals surface area contributed by atoms with E-state index in [1.165, 1.54) is 12.1 Å². The lowest BCUT2D eigenvalue weighted by Crippen LogP contribution is -1.88. The van der Waals surface area contributed by atoms with Crippen molar-refractivity contribution < 1.29 is 4.39 Å². The van der Waals surface area contributed by atoms with Crippen LogP contribution in [0.3, 0.4) is 0 Å². The Morgan fingerprint density at radius 1 is 1.18 bits per heavy atom. The summed E-state index contributed by atoms with van der Waals surface area (Å²) in [6.07, 6.45) is 0. The van der Waals surface area contributed by atoms with E-state index in [1.54, 1.807) is 0 Å². The summed E-state index contributed by atoms with van der Waals surface area (Å²) in [5, 5.41) is 0.354. The molecule has 4 heteroatoms. The van der Waals surface area contributed by atoms with Gasteiger partial charge in [0.2, 0.25) is 0 Å². The molecule has 0 N–H and O–H groups in total. The van der Waals surface area contributed by atoms with Gasteiger partial charge in [-0.05, 0) is 12.1 Å². The Morgan fingerprint density at radius 2 is 1.73 bits per heavy atom. The Balaban J connectivity index is 3.29. The van der Waals surface area contributed by atoms with Gasteiger partial charge < -0.3 is 0 Å². The molecule has 0 aliphatic heterocycles. The van der Waals surface area contributed by atoms with Crippen LogP contribution in [0, 0.1) is 5.82 Å². The summed E-state index contributed by atoms with van der Waals surface area (Å²) < 4.78 is 13.0. The monoisotopic (exact) mass is 212 g/mol. The average Bonchev–Trinajstić information content (AvgIpc) is 1.99. The quantitative estimate of drug-likeness (QED) is 0.491. The van der Waals surface area contributed by atoms with Crippen LogP contribution in [0.15, 0.2) is 12.1 Å². The average molecular weight is 213 g/mol. The largest absolute Gasteiger partial charge is 0.205 e. The van der Waals surface area contributed by atoms with E-state index in [1.807, 2.05) is 0 Å². The molecule has 11 heavy (non-hydrogen) atoms. The fraction of sp³-hybridized carbons (Fsp3) is 0.143. The van der Waals surface area contributed by atoms with Gasteiger partial charge in [0.15, 0.2) is 0 Å². The van der Waals surface area contributed by atoms with Crippen LogP contribution in [-0.2, 0) is 5.88 Å². The number of halogens is 4. The molecule has 0 unspecified atom stereocenters. The van der Waals surface area contributed by atoms with Gasteiger partial charge in [0, 0.05) is 10.6 Å². The van der Waals surface area contributed by atoms with Crippen molar-refractivity contribution in [3.8, 4) is 0 Å². The lowest BCUT2D eigenvalue weighted by Gasteiger charge is -2.01. The van der Waals surface area contributed by atoms with E-state index in [4.69, 9.17) is 34.8 Å². The minimum absolute atomic E-state index is 0.0330. The normalized spacial score (nSPS) is 10.2. The van der Waals surface area contributed by atoms with E-state index in [0.717, 1.165) is 0 Å². The van der Waals surface area contributed by atoms with E-state index in [-0.39, 0.29) is 16.5 Å². The Kier molecular flexibility index (Phi) is 2.99. The molecular formula is C7H4Cl3F. The fourth-order valence-electron chi connectivity index (χ4n) is 0.692. The zero-order valence-corrected chi connectivity index (χ0v) is 7.64. The predicted molar refractivity (Wildman–Crippen MR) is 46.0 cm³/mol. The molecule has 0 fully saturated rings. The molecule has 60 valence electrons. The van der Waals surface area contributed by atoms with Crippen molar-refractivity contribution in [1.29, 1.82) is 0 Å². The van der Waals surface area contributed by atoms with Crippen molar-refractivity contribution in [1.82, 2.24) is 0 Å². The maximum Gasteiger partial charge on any atom is 0.147 e. The van der Waals surface area contributed by atoms with E-state index in [2.05, 4.69) is 0 Å². The molecule has 0 saturated carbocycles. The zero-order chi connectivity index (χ0) is 8.43. The SMILES string of the molecule is Fc1c(Cl)ccc(Cl)c1CCl. The van der Waals surface area contributed by atoms with Crippen LogP contribution in [-0.4, -0.2) is 0 Å². The molecule has 0 spiro atoms. The molecule has 0 aliphatic carbocycles. The molecule has 0 amide bonds. The standard InChI is InChI=1S/C7H4Cl3F/c8-3-4-5(9)1-2-6(10)7(4)11/h1-2H,3H2. The molecule has 0 nitrogen and oxygen atoms in total.